The highest BCUT2D eigenvalue weighted by molar-refractivity contribution is 5.86. The first-order chi connectivity index (χ1) is 12.0. The molecule has 2 rings (SSSR count). The molecule has 0 saturated carbocycles. The number of carbonyl (C=O) groups is 3. The Balaban J connectivity index is 2.12. The highest BCUT2D eigenvalue weighted by Gasteiger charge is 2.35. The lowest BCUT2D eigenvalue weighted by atomic mass is 9.92. The van der Waals surface area contributed by atoms with Gasteiger partial charge in [0.05, 0.1) is 5.92 Å². The fourth-order valence-electron chi connectivity index (χ4n) is 2.30. The zero-order valence-electron chi connectivity index (χ0n) is 13.2. The Morgan fingerprint density at radius 2 is 1.44 bits per heavy atom. The molecule has 1 unspecified atom stereocenters. The third-order valence-electron chi connectivity index (χ3n) is 3.51. The molecule has 0 aliphatic rings. The summed E-state index contributed by atoms with van der Waals surface area (Å²) in [5, 5.41) is 20.9. The van der Waals surface area contributed by atoms with Gasteiger partial charge in [-0.05, 0) is 24.1 Å². The van der Waals surface area contributed by atoms with Crippen LogP contribution in [0, 0.1) is 5.92 Å². The van der Waals surface area contributed by atoms with Gasteiger partial charge < -0.3 is 20.3 Å². The molecule has 130 valence electrons. The van der Waals surface area contributed by atoms with Crippen molar-refractivity contribution in [2.75, 3.05) is 0 Å². The molecule has 0 saturated heterocycles. The van der Waals surface area contributed by atoms with Gasteiger partial charge in [-0.25, -0.2) is 9.59 Å². The maximum atomic E-state index is 11.9. The summed E-state index contributed by atoms with van der Waals surface area (Å²) in [4.78, 5) is 34.9. The molecule has 0 spiro atoms. The van der Waals surface area contributed by atoms with Crippen LogP contribution in [0.15, 0.2) is 60.7 Å². The fraction of sp³-hybridized carbons (Fsp3) is 0.167. The molecule has 0 radical (unpaired) electrons. The number of para-hydroxylation sites is 1. The van der Waals surface area contributed by atoms with E-state index < -0.39 is 30.0 Å². The third kappa shape index (κ3) is 5.35. The molecule has 25 heavy (non-hydrogen) atoms. The van der Waals surface area contributed by atoms with Crippen LogP contribution in [0.25, 0.3) is 0 Å². The fourth-order valence-corrected chi connectivity index (χ4v) is 2.30. The SMILES string of the molecule is O=C(N[C@H](C(=O)O)C(Cc1ccccc1)C(=O)O)Oc1ccccc1. The summed E-state index contributed by atoms with van der Waals surface area (Å²) in [5.41, 5.74) is 0.652. The molecule has 2 aromatic carbocycles. The Kier molecular flexibility index (Phi) is 6.11. The highest BCUT2D eigenvalue weighted by atomic mass is 16.6. The second-order valence-corrected chi connectivity index (χ2v) is 5.30. The molecule has 2 aromatic rings. The number of hydrogen-bond acceptors (Lipinski definition) is 4. The van der Waals surface area contributed by atoms with Gasteiger partial charge in [0.2, 0.25) is 0 Å². The Labute approximate surface area is 143 Å². The molecule has 0 bridgehead atoms. The number of ether oxygens (including phenoxy) is 1. The average Bonchev–Trinajstić information content (AvgIpc) is 2.59. The number of amides is 1. The third-order valence-corrected chi connectivity index (χ3v) is 3.51. The minimum absolute atomic E-state index is 0.0429. The van der Waals surface area contributed by atoms with Crippen molar-refractivity contribution in [2.45, 2.75) is 12.5 Å². The van der Waals surface area contributed by atoms with Gasteiger partial charge in [0.15, 0.2) is 0 Å². The van der Waals surface area contributed by atoms with Crippen molar-refractivity contribution in [3.63, 3.8) is 0 Å². The van der Waals surface area contributed by atoms with Crippen LogP contribution in [0.4, 0.5) is 4.79 Å². The van der Waals surface area contributed by atoms with E-state index in [1.54, 1.807) is 48.5 Å². The molecule has 7 heteroatoms. The first kappa shape index (κ1) is 18.0. The monoisotopic (exact) mass is 343 g/mol. The molecule has 0 aliphatic carbocycles. The Hall–Kier alpha value is -3.35. The van der Waals surface area contributed by atoms with Gasteiger partial charge in [-0.2, -0.15) is 0 Å². The summed E-state index contributed by atoms with van der Waals surface area (Å²) in [5.74, 6) is -3.90. The number of carboxylic acids is 2. The van der Waals surface area contributed by atoms with Gasteiger partial charge in [-0.15, -0.1) is 0 Å². The van der Waals surface area contributed by atoms with E-state index >= 15 is 0 Å². The Morgan fingerprint density at radius 3 is 1.96 bits per heavy atom. The second-order valence-electron chi connectivity index (χ2n) is 5.30. The van der Waals surface area contributed by atoms with Crippen molar-refractivity contribution in [3.8, 4) is 5.75 Å². The highest BCUT2D eigenvalue weighted by Crippen LogP contribution is 2.15. The van der Waals surface area contributed by atoms with Gasteiger partial charge >= 0.3 is 18.0 Å². The summed E-state index contributed by atoms with van der Waals surface area (Å²) in [6.45, 7) is 0. The molecule has 7 nitrogen and oxygen atoms in total. The number of nitrogens with one attached hydrogen (secondary N) is 1. The standard InChI is InChI=1S/C18H17NO6/c20-16(21)14(11-12-7-3-1-4-8-12)15(17(22)23)19-18(24)25-13-9-5-2-6-10-13/h1-10,14-15H,11H2,(H,19,24)(H,20,21)(H,22,23)/t14?,15-/m0/s1. The smallest absolute Gasteiger partial charge is 0.413 e. The number of carboxylic acid groups (broad SMARTS) is 2. The average molecular weight is 343 g/mol. The lowest BCUT2D eigenvalue weighted by Gasteiger charge is -2.21. The van der Waals surface area contributed by atoms with Crippen molar-refractivity contribution in [1.82, 2.24) is 5.32 Å². The van der Waals surface area contributed by atoms with Crippen molar-refractivity contribution < 1.29 is 29.3 Å². The van der Waals surface area contributed by atoms with Crippen molar-refractivity contribution >= 4 is 18.0 Å². The lowest BCUT2D eigenvalue weighted by molar-refractivity contribution is -0.150. The lowest BCUT2D eigenvalue weighted by Crippen LogP contribution is -2.50. The van der Waals surface area contributed by atoms with E-state index in [0.717, 1.165) is 0 Å². The molecule has 0 heterocycles. The molecule has 2 atom stereocenters. The summed E-state index contributed by atoms with van der Waals surface area (Å²) < 4.78 is 4.97. The van der Waals surface area contributed by atoms with Gasteiger partial charge in [-0.3, -0.25) is 4.79 Å². The first-order valence-corrected chi connectivity index (χ1v) is 7.50. The quantitative estimate of drug-likeness (QED) is 0.710. The van der Waals surface area contributed by atoms with Crippen LogP contribution in [-0.4, -0.2) is 34.3 Å². The first-order valence-electron chi connectivity index (χ1n) is 7.50. The normalized spacial score (nSPS) is 12.6. The van der Waals surface area contributed by atoms with E-state index in [0.29, 0.717) is 5.56 Å². The number of rotatable bonds is 7. The predicted molar refractivity (Wildman–Crippen MR) is 88.3 cm³/mol. The number of aliphatic carboxylic acids is 2. The van der Waals surface area contributed by atoms with Crippen LogP contribution >= 0.6 is 0 Å². The van der Waals surface area contributed by atoms with E-state index in [1.807, 2.05) is 0 Å². The van der Waals surface area contributed by atoms with Crippen LogP contribution in [0.5, 0.6) is 5.75 Å². The molecule has 3 N–H and O–H groups in total. The van der Waals surface area contributed by atoms with Crippen LogP contribution in [0.1, 0.15) is 5.56 Å². The number of benzene rings is 2. The summed E-state index contributed by atoms with van der Waals surface area (Å²) in [6.07, 6.45) is -1.07. The molecular formula is C18H17NO6. The maximum absolute atomic E-state index is 11.9. The van der Waals surface area contributed by atoms with E-state index in [2.05, 4.69) is 5.32 Å². The molecule has 0 aromatic heterocycles. The molecule has 0 aliphatic heterocycles. The largest absolute Gasteiger partial charge is 0.481 e. The second kappa shape index (κ2) is 8.49. The van der Waals surface area contributed by atoms with Crippen molar-refractivity contribution in [1.29, 1.82) is 0 Å². The van der Waals surface area contributed by atoms with Gasteiger partial charge in [-0.1, -0.05) is 48.5 Å². The van der Waals surface area contributed by atoms with Gasteiger partial charge in [0.25, 0.3) is 0 Å². The number of carbonyl (C=O) groups excluding carboxylic acids is 1. The maximum Gasteiger partial charge on any atom is 0.413 e. The minimum atomic E-state index is -1.63. The zero-order valence-corrected chi connectivity index (χ0v) is 13.2. The van der Waals surface area contributed by atoms with Crippen molar-refractivity contribution in [3.05, 3.63) is 66.2 Å². The van der Waals surface area contributed by atoms with Crippen LogP contribution < -0.4 is 10.1 Å². The predicted octanol–water partition coefficient (Wildman–Crippen LogP) is 2.17. The van der Waals surface area contributed by atoms with E-state index in [-0.39, 0.29) is 12.2 Å². The van der Waals surface area contributed by atoms with E-state index in [1.165, 1.54) is 12.1 Å². The summed E-state index contributed by atoms with van der Waals surface area (Å²) in [7, 11) is 0. The summed E-state index contributed by atoms with van der Waals surface area (Å²) >= 11 is 0. The van der Waals surface area contributed by atoms with Crippen LogP contribution in [0.3, 0.4) is 0 Å². The molecule has 1 amide bonds. The zero-order chi connectivity index (χ0) is 18.2. The summed E-state index contributed by atoms with van der Waals surface area (Å²) in [6, 6.07) is 15.0. The molecular weight excluding hydrogens is 326 g/mol. The van der Waals surface area contributed by atoms with Gasteiger partial charge in [0.1, 0.15) is 11.8 Å². The topological polar surface area (TPSA) is 113 Å². The van der Waals surface area contributed by atoms with E-state index in [9.17, 15) is 24.6 Å². The van der Waals surface area contributed by atoms with Gasteiger partial charge in [0, 0.05) is 0 Å². The van der Waals surface area contributed by atoms with Crippen LogP contribution in [0.2, 0.25) is 0 Å². The number of hydrogen-bond donors (Lipinski definition) is 3. The van der Waals surface area contributed by atoms with Crippen molar-refractivity contribution in [2.24, 2.45) is 5.92 Å². The molecule has 0 fully saturated rings. The minimum Gasteiger partial charge on any atom is -0.481 e. The Bertz CT molecular complexity index is 732. The van der Waals surface area contributed by atoms with Crippen LogP contribution in [-0.2, 0) is 16.0 Å². The Morgan fingerprint density at radius 1 is 0.880 bits per heavy atom. The van der Waals surface area contributed by atoms with E-state index in [4.69, 9.17) is 4.74 Å².